The van der Waals surface area contributed by atoms with Crippen molar-refractivity contribution in [3.63, 3.8) is 0 Å². The molecule has 15 heavy (non-hydrogen) atoms. The average Bonchev–Trinajstić information content (AvgIpc) is 2.29. The van der Waals surface area contributed by atoms with Crippen molar-refractivity contribution in [2.24, 2.45) is 11.8 Å². The van der Waals surface area contributed by atoms with Gasteiger partial charge in [0.25, 0.3) is 0 Å². The zero-order valence-corrected chi connectivity index (χ0v) is 10.3. The summed E-state index contributed by atoms with van der Waals surface area (Å²) in [7, 11) is 3.91. The molecule has 0 aliphatic heterocycles. The lowest BCUT2D eigenvalue weighted by Crippen LogP contribution is -2.33. The fourth-order valence-corrected chi connectivity index (χ4v) is 2.38. The van der Waals surface area contributed by atoms with Crippen LogP contribution in [0.4, 0.5) is 0 Å². The second kappa shape index (κ2) is 6.11. The van der Waals surface area contributed by atoms with E-state index >= 15 is 0 Å². The van der Waals surface area contributed by atoms with Crippen molar-refractivity contribution in [1.82, 2.24) is 10.2 Å². The number of amides is 1. The van der Waals surface area contributed by atoms with E-state index in [0.29, 0.717) is 0 Å². The van der Waals surface area contributed by atoms with Crippen molar-refractivity contribution < 1.29 is 4.79 Å². The Balaban J connectivity index is 2.26. The van der Waals surface area contributed by atoms with Gasteiger partial charge < -0.3 is 10.2 Å². The van der Waals surface area contributed by atoms with Crippen LogP contribution in [-0.4, -0.2) is 38.0 Å². The number of carbonyl (C=O) groups excluding carboxylic acids is 1. The van der Waals surface area contributed by atoms with Crippen LogP contribution in [0, 0.1) is 11.8 Å². The minimum absolute atomic E-state index is 0.234. The molecule has 0 aromatic carbocycles. The van der Waals surface area contributed by atoms with Gasteiger partial charge in [0.1, 0.15) is 0 Å². The van der Waals surface area contributed by atoms with Gasteiger partial charge in [-0.25, -0.2) is 0 Å². The lowest BCUT2D eigenvalue weighted by atomic mass is 9.81. The highest BCUT2D eigenvalue weighted by atomic mass is 16.1. The lowest BCUT2D eigenvalue weighted by molar-refractivity contribution is -0.125. The van der Waals surface area contributed by atoms with E-state index in [4.69, 9.17) is 0 Å². The molecule has 0 spiro atoms. The average molecular weight is 212 g/mol. The summed E-state index contributed by atoms with van der Waals surface area (Å²) in [5.41, 5.74) is 0. The summed E-state index contributed by atoms with van der Waals surface area (Å²) in [4.78, 5) is 13.8. The molecular weight excluding hydrogens is 188 g/mol. The Morgan fingerprint density at radius 1 is 1.33 bits per heavy atom. The van der Waals surface area contributed by atoms with Gasteiger partial charge in [0.2, 0.25) is 5.91 Å². The van der Waals surface area contributed by atoms with Gasteiger partial charge in [-0.05, 0) is 45.2 Å². The molecule has 0 heterocycles. The molecule has 3 heteroatoms. The lowest BCUT2D eigenvalue weighted by Gasteiger charge is -2.30. The maximum atomic E-state index is 11.4. The molecule has 0 unspecified atom stereocenters. The summed E-state index contributed by atoms with van der Waals surface area (Å²) in [6.07, 6.45) is 4.56. The summed E-state index contributed by atoms with van der Waals surface area (Å²) in [6.45, 7) is 4.50. The SMILES string of the molecule is CCN(C)CC1CCC(C(=O)NC)CC1. The third kappa shape index (κ3) is 3.82. The van der Waals surface area contributed by atoms with Gasteiger partial charge in [-0.1, -0.05) is 6.92 Å². The molecule has 1 aliphatic carbocycles. The smallest absolute Gasteiger partial charge is 0.222 e. The molecule has 1 saturated carbocycles. The van der Waals surface area contributed by atoms with Crippen molar-refractivity contribution in [3.05, 3.63) is 0 Å². The minimum Gasteiger partial charge on any atom is -0.359 e. The Hall–Kier alpha value is -0.570. The summed E-state index contributed by atoms with van der Waals surface area (Å²) in [6, 6.07) is 0. The minimum atomic E-state index is 0.234. The van der Waals surface area contributed by atoms with Crippen LogP contribution in [0.15, 0.2) is 0 Å². The molecule has 0 saturated heterocycles. The first kappa shape index (κ1) is 12.5. The van der Waals surface area contributed by atoms with Crippen LogP contribution >= 0.6 is 0 Å². The Morgan fingerprint density at radius 3 is 2.40 bits per heavy atom. The van der Waals surface area contributed by atoms with E-state index < -0.39 is 0 Å². The third-order valence-electron chi connectivity index (χ3n) is 3.57. The third-order valence-corrected chi connectivity index (χ3v) is 3.57. The van der Waals surface area contributed by atoms with Crippen LogP contribution in [0.25, 0.3) is 0 Å². The van der Waals surface area contributed by atoms with Crippen LogP contribution < -0.4 is 5.32 Å². The molecule has 1 aliphatic rings. The quantitative estimate of drug-likeness (QED) is 0.766. The fourth-order valence-electron chi connectivity index (χ4n) is 2.38. The monoisotopic (exact) mass is 212 g/mol. The van der Waals surface area contributed by atoms with Gasteiger partial charge in [0, 0.05) is 19.5 Å². The largest absolute Gasteiger partial charge is 0.359 e. The first-order valence-corrected chi connectivity index (χ1v) is 6.07. The molecule has 1 N–H and O–H groups in total. The Morgan fingerprint density at radius 2 is 1.93 bits per heavy atom. The molecule has 0 aromatic rings. The summed E-state index contributed by atoms with van der Waals surface area (Å²) in [5.74, 6) is 1.31. The second-order valence-electron chi connectivity index (χ2n) is 4.69. The van der Waals surface area contributed by atoms with Gasteiger partial charge in [0.05, 0.1) is 0 Å². The maximum absolute atomic E-state index is 11.4. The van der Waals surface area contributed by atoms with E-state index in [2.05, 4.69) is 24.2 Å². The zero-order chi connectivity index (χ0) is 11.3. The van der Waals surface area contributed by atoms with E-state index in [9.17, 15) is 4.79 Å². The molecular formula is C12H24N2O. The van der Waals surface area contributed by atoms with Gasteiger partial charge >= 0.3 is 0 Å². The molecule has 0 radical (unpaired) electrons. The predicted molar refractivity (Wildman–Crippen MR) is 62.7 cm³/mol. The van der Waals surface area contributed by atoms with E-state index in [1.165, 1.54) is 19.4 Å². The van der Waals surface area contributed by atoms with Crippen molar-refractivity contribution >= 4 is 5.91 Å². The Kier molecular flexibility index (Phi) is 5.09. The number of nitrogens with one attached hydrogen (secondary N) is 1. The number of carbonyl (C=O) groups is 1. The highest BCUT2D eigenvalue weighted by molar-refractivity contribution is 5.78. The highest BCUT2D eigenvalue weighted by Gasteiger charge is 2.25. The Labute approximate surface area is 93.2 Å². The van der Waals surface area contributed by atoms with Crippen LogP contribution in [-0.2, 0) is 4.79 Å². The van der Waals surface area contributed by atoms with Crippen LogP contribution in [0.1, 0.15) is 32.6 Å². The van der Waals surface area contributed by atoms with Crippen LogP contribution in [0.2, 0.25) is 0 Å². The number of hydrogen-bond acceptors (Lipinski definition) is 2. The van der Waals surface area contributed by atoms with Crippen LogP contribution in [0.5, 0.6) is 0 Å². The van der Waals surface area contributed by atoms with Crippen molar-refractivity contribution in [1.29, 1.82) is 0 Å². The number of rotatable bonds is 4. The van der Waals surface area contributed by atoms with E-state index in [0.717, 1.165) is 25.3 Å². The molecule has 1 fully saturated rings. The van der Waals surface area contributed by atoms with Crippen molar-refractivity contribution in [3.8, 4) is 0 Å². The summed E-state index contributed by atoms with van der Waals surface area (Å²) < 4.78 is 0. The molecule has 1 amide bonds. The molecule has 3 nitrogen and oxygen atoms in total. The van der Waals surface area contributed by atoms with E-state index in [1.54, 1.807) is 7.05 Å². The molecule has 0 bridgehead atoms. The van der Waals surface area contributed by atoms with Gasteiger partial charge in [0.15, 0.2) is 0 Å². The molecule has 1 rings (SSSR count). The first-order chi connectivity index (χ1) is 7.17. The first-order valence-electron chi connectivity index (χ1n) is 6.07. The van der Waals surface area contributed by atoms with Gasteiger partial charge in [-0.15, -0.1) is 0 Å². The predicted octanol–water partition coefficient (Wildman–Crippen LogP) is 1.49. The molecule has 88 valence electrons. The molecule has 0 aromatic heterocycles. The fraction of sp³-hybridized carbons (Fsp3) is 0.917. The summed E-state index contributed by atoms with van der Waals surface area (Å²) >= 11 is 0. The number of hydrogen-bond donors (Lipinski definition) is 1. The second-order valence-corrected chi connectivity index (χ2v) is 4.69. The van der Waals surface area contributed by atoms with Crippen LogP contribution in [0.3, 0.4) is 0 Å². The van der Waals surface area contributed by atoms with Gasteiger partial charge in [-0.3, -0.25) is 4.79 Å². The highest BCUT2D eigenvalue weighted by Crippen LogP contribution is 2.29. The standard InChI is InChI=1S/C12H24N2O/c1-4-14(3)9-10-5-7-11(8-6-10)12(15)13-2/h10-11H,4-9H2,1-3H3,(H,13,15). The van der Waals surface area contributed by atoms with E-state index in [1.807, 2.05) is 0 Å². The number of nitrogens with zero attached hydrogens (tertiary/aromatic N) is 1. The maximum Gasteiger partial charge on any atom is 0.222 e. The van der Waals surface area contributed by atoms with Crippen molar-refractivity contribution in [2.45, 2.75) is 32.6 Å². The topological polar surface area (TPSA) is 32.3 Å². The zero-order valence-electron chi connectivity index (χ0n) is 10.3. The summed E-state index contributed by atoms with van der Waals surface area (Å²) in [5, 5.41) is 2.75. The Bertz CT molecular complexity index is 198. The van der Waals surface area contributed by atoms with E-state index in [-0.39, 0.29) is 11.8 Å². The molecule has 0 atom stereocenters. The van der Waals surface area contributed by atoms with Crippen molar-refractivity contribution in [2.75, 3.05) is 27.2 Å². The van der Waals surface area contributed by atoms with Gasteiger partial charge in [-0.2, -0.15) is 0 Å². The normalized spacial score (nSPS) is 26.7.